The molecule has 0 radical (unpaired) electrons. The zero-order chi connectivity index (χ0) is 14.9. The molecule has 1 aromatic heterocycles. The van der Waals surface area contributed by atoms with Crippen LogP contribution >= 0.6 is 0 Å². The molecule has 118 valence electrons. The Morgan fingerprint density at radius 3 is 2.81 bits per heavy atom. The van der Waals surface area contributed by atoms with Gasteiger partial charge < -0.3 is 10.1 Å². The van der Waals surface area contributed by atoms with E-state index in [1.54, 1.807) is 0 Å². The predicted octanol–water partition coefficient (Wildman–Crippen LogP) is 3.29. The molecule has 1 heterocycles. The Hall–Kier alpha value is -0.870. The lowest BCUT2D eigenvalue weighted by atomic mass is 9.64. The predicted molar refractivity (Wildman–Crippen MR) is 84.2 cm³/mol. The molecule has 1 aromatic rings. The number of nitrogens with zero attached hydrogens (tertiary/aromatic N) is 2. The van der Waals surface area contributed by atoms with Crippen LogP contribution in [0.1, 0.15) is 64.6 Å². The monoisotopic (exact) mass is 291 g/mol. The van der Waals surface area contributed by atoms with E-state index < -0.39 is 0 Å². The topological polar surface area (TPSA) is 39.1 Å². The second kappa shape index (κ2) is 6.09. The number of aromatic nitrogens is 2. The number of rotatable bonds is 6. The van der Waals surface area contributed by atoms with Gasteiger partial charge in [0.2, 0.25) is 0 Å². The summed E-state index contributed by atoms with van der Waals surface area (Å²) in [5.74, 6) is 0. The van der Waals surface area contributed by atoms with Crippen molar-refractivity contribution in [2.75, 3.05) is 6.61 Å². The minimum Gasteiger partial charge on any atom is -0.378 e. The van der Waals surface area contributed by atoms with Crippen LogP contribution in [0.25, 0.3) is 0 Å². The van der Waals surface area contributed by atoms with Gasteiger partial charge in [-0.05, 0) is 32.3 Å². The largest absolute Gasteiger partial charge is 0.378 e. The molecule has 0 aliphatic heterocycles. The number of nitrogens with one attached hydrogen (secondary N) is 1. The Balaban J connectivity index is 1.50. The molecule has 0 bridgehead atoms. The Kier molecular flexibility index (Phi) is 4.36. The second-order valence-electron chi connectivity index (χ2n) is 7.16. The zero-order valence-electron chi connectivity index (χ0n) is 13.6. The first kappa shape index (κ1) is 15.0. The SMILES string of the molecule is CCOC1CC(NCc2ccn(C3CCCC3)n2)C1(C)C. The normalized spacial score (nSPS) is 28.7. The van der Waals surface area contributed by atoms with Gasteiger partial charge in [0, 0.05) is 30.8 Å². The van der Waals surface area contributed by atoms with Crippen molar-refractivity contribution in [3.63, 3.8) is 0 Å². The van der Waals surface area contributed by atoms with E-state index in [2.05, 4.69) is 43.0 Å². The summed E-state index contributed by atoms with van der Waals surface area (Å²) in [4.78, 5) is 0. The van der Waals surface area contributed by atoms with Gasteiger partial charge in [-0.25, -0.2) is 0 Å². The summed E-state index contributed by atoms with van der Waals surface area (Å²) < 4.78 is 7.97. The third kappa shape index (κ3) is 3.02. The van der Waals surface area contributed by atoms with Crippen molar-refractivity contribution >= 4 is 0 Å². The highest BCUT2D eigenvalue weighted by Crippen LogP contribution is 2.42. The Labute approximate surface area is 128 Å². The molecule has 0 saturated heterocycles. The van der Waals surface area contributed by atoms with Crippen LogP contribution in [0, 0.1) is 5.41 Å². The van der Waals surface area contributed by atoms with E-state index in [-0.39, 0.29) is 5.41 Å². The van der Waals surface area contributed by atoms with Crippen LogP contribution in [-0.2, 0) is 11.3 Å². The van der Waals surface area contributed by atoms with Gasteiger partial charge >= 0.3 is 0 Å². The fourth-order valence-corrected chi connectivity index (χ4v) is 3.79. The molecular weight excluding hydrogens is 262 g/mol. The average Bonchev–Trinajstić information content (AvgIpc) is 3.12. The molecule has 2 fully saturated rings. The van der Waals surface area contributed by atoms with Crippen molar-refractivity contribution in [2.45, 2.75) is 77.6 Å². The average molecular weight is 291 g/mol. The van der Waals surface area contributed by atoms with E-state index in [4.69, 9.17) is 9.84 Å². The van der Waals surface area contributed by atoms with E-state index in [1.165, 1.54) is 25.7 Å². The first-order chi connectivity index (χ1) is 10.1. The Morgan fingerprint density at radius 2 is 2.14 bits per heavy atom. The molecule has 21 heavy (non-hydrogen) atoms. The lowest BCUT2D eigenvalue weighted by molar-refractivity contribution is -0.114. The van der Waals surface area contributed by atoms with E-state index in [9.17, 15) is 0 Å². The lowest BCUT2D eigenvalue weighted by Gasteiger charge is -2.51. The molecule has 0 aromatic carbocycles. The van der Waals surface area contributed by atoms with Crippen molar-refractivity contribution < 1.29 is 4.74 Å². The van der Waals surface area contributed by atoms with Crippen LogP contribution in [0.5, 0.6) is 0 Å². The highest BCUT2D eigenvalue weighted by Gasteiger charge is 2.48. The smallest absolute Gasteiger partial charge is 0.0762 e. The van der Waals surface area contributed by atoms with E-state index in [0.29, 0.717) is 18.2 Å². The molecule has 0 spiro atoms. The second-order valence-corrected chi connectivity index (χ2v) is 7.16. The molecule has 4 nitrogen and oxygen atoms in total. The summed E-state index contributed by atoms with van der Waals surface area (Å²) in [6, 6.07) is 3.34. The van der Waals surface area contributed by atoms with E-state index in [1.807, 2.05) is 0 Å². The summed E-state index contributed by atoms with van der Waals surface area (Å²) in [6.45, 7) is 8.35. The molecule has 0 amide bonds. The fourth-order valence-electron chi connectivity index (χ4n) is 3.79. The molecule has 4 heteroatoms. The molecule has 2 unspecified atom stereocenters. The van der Waals surface area contributed by atoms with E-state index in [0.717, 1.165) is 25.3 Å². The Bertz CT molecular complexity index is 462. The van der Waals surface area contributed by atoms with E-state index >= 15 is 0 Å². The molecule has 2 aliphatic carbocycles. The maximum absolute atomic E-state index is 5.79. The van der Waals surface area contributed by atoms with Gasteiger partial charge in [0.05, 0.1) is 17.8 Å². The van der Waals surface area contributed by atoms with Gasteiger partial charge in [-0.15, -0.1) is 0 Å². The molecule has 2 atom stereocenters. The fraction of sp³-hybridized carbons (Fsp3) is 0.824. The third-order valence-corrected chi connectivity index (χ3v) is 5.44. The van der Waals surface area contributed by atoms with Gasteiger partial charge in [-0.3, -0.25) is 4.68 Å². The minimum absolute atomic E-state index is 0.226. The maximum atomic E-state index is 5.79. The van der Waals surface area contributed by atoms with Crippen LogP contribution in [0.2, 0.25) is 0 Å². The molecule has 2 aliphatic rings. The first-order valence-corrected chi connectivity index (χ1v) is 8.50. The summed E-state index contributed by atoms with van der Waals surface area (Å²) in [7, 11) is 0. The van der Waals surface area contributed by atoms with Crippen LogP contribution in [0.15, 0.2) is 12.3 Å². The summed E-state index contributed by atoms with van der Waals surface area (Å²) in [5.41, 5.74) is 1.39. The van der Waals surface area contributed by atoms with Gasteiger partial charge in [0.1, 0.15) is 0 Å². The summed E-state index contributed by atoms with van der Waals surface area (Å²) in [6.07, 6.45) is 8.96. The van der Waals surface area contributed by atoms with Gasteiger partial charge in [-0.2, -0.15) is 5.10 Å². The van der Waals surface area contributed by atoms with Gasteiger partial charge in [0.25, 0.3) is 0 Å². The number of hydrogen-bond acceptors (Lipinski definition) is 3. The molecular formula is C17H29N3O. The zero-order valence-corrected chi connectivity index (χ0v) is 13.6. The van der Waals surface area contributed by atoms with Crippen molar-refractivity contribution in [3.05, 3.63) is 18.0 Å². The first-order valence-electron chi connectivity index (χ1n) is 8.50. The van der Waals surface area contributed by atoms with Gasteiger partial charge in [0.15, 0.2) is 0 Å². The van der Waals surface area contributed by atoms with Crippen molar-refractivity contribution in [1.82, 2.24) is 15.1 Å². The van der Waals surface area contributed by atoms with Crippen LogP contribution < -0.4 is 5.32 Å². The van der Waals surface area contributed by atoms with Crippen LogP contribution in [0.3, 0.4) is 0 Å². The highest BCUT2D eigenvalue weighted by molar-refractivity contribution is 5.06. The summed E-state index contributed by atoms with van der Waals surface area (Å²) in [5, 5.41) is 8.41. The number of ether oxygens (including phenoxy) is 1. The standard InChI is InChI=1S/C17H29N3O/c1-4-21-16-11-15(17(16,2)3)18-12-13-9-10-20(19-13)14-7-5-6-8-14/h9-10,14-16,18H,4-8,11-12H2,1-3H3. The van der Waals surface area contributed by atoms with Crippen LogP contribution in [0.4, 0.5) is 0 Å². The van der Waals surface area contributed by atoms with Gasteiger partial charge in [-0.1, -0.05) is 26.7 Å². The third-order valence-electron chi connectivity index (χ3n) is 5.44. The summed E-state index contributed by atoms with van der Waals surface area (Å²) >= 11 is 0. The molecule has 2 saturated carbocycles. The molecule has 3 rings (SSSR count). The Morgan fingerprint density at radius 1 is 1.38 bits per heavy atom. The van der Waals surface area contributed by atoms with Crippen LogP contribution in [-0.4, -0.2) is 28.5 Å². The molecule has 1 N–H and O–H groups in total. The quantitative estimate of drug-likeness (QED) is 0.874. The highest BCUT2D eigenvalue weighted by atomic mass is 16.5. The maximum Gasteiger partial charge on any atom is 0.0762 e. The van der Waals surface area contributed by atoms with Crippen molar-refractivity contribution in [1.29, 1.82) is 0 Å². The minimum atomic E-state index is 0.226. The van der Waals surface area contributed by atoms with Crippen molar-refractivity contribution in [3.8, 4) is 0 Å². The van der Waals surface area contributed by atoms with Crippen molar-refractivity contribution in [2.24, 2.45) is 5.41 Å². The number of hydrogen-bond donors (Lipinski definition) is 1. The lowest BCUT2D eigenvalue weighted by Crippen LogP contribution is -2.60.